The zero-order valence-corrected chi connectivity index (χ0v) is 18.4. The summed E-state index contributed by atoms with van der Waals surface area (Å²) < 4.78 is 2.17. The van der Waals surface area contributed by atoms with E-state index in [1.54, 1.807) is 23.1 Å². The molecular weight excluding hydrogens is 384 g/mol. The molecule has 28 heavy (non-hydrogen) atoms. The van der Waals surface area contributed by atoms with Crippen LogP contribution in [0.1, 0.15) is 55.6 Å². The minimum absolute atomic E-state index is 0.830. The zero-order chi connectivity index (χ0) is 19.3. The second kappa shape index (κ2) is 9.23. The number of benzene rings is 1. The van der Waals surface area contributed by atoms with Gasteiger partial charge in [0, 0.05) is 30.2 Å². The predicted molar refractivity (Wildman–Crippen MR) is 118 cm³/mol. The summed E-state index contributed by atoms with van der Waals surface area (Å²) in [7, 11) is 2.09. The van der Waals surface area contributed by atoms with Crippen molar-refractivity contribution in [2.75, 3.05) is 0 Å². The Hall–Kier alpha value is -1.66. The Morgan fingerprint density at radius 3 is 2.68 bits per heavy atom. The van der Waals surface area contributed by atoms with Crippen molar-refractivity contribution >= 4 is 23.1 Å². The van der Waals surface area contributed by atoms with E-state index in [9.17, 15) is 0 Å². The van der Waals surface area contributed by atoms with Crippen molar-refractivity contribution in [3.8, 4) is 10.6 Å². The van der Waals surface area contributed by atoms with E-state index in [1.165, 1.54) is 49.7 Å². The molecule has 1 aromatic carbocycles. The molecule has 0 spiro atoms. The van der Waals surface area contributed by atoms with Gasteiger partial charge in [-0.2, -0.15) is 0 Å². The number of rotatable bonds is 7. The van der Waals surface area contributed by atoms with E-state index in [0.29, 0.717) is 0 Å². The molecule has 2 heterocycles. The molecule has 0 amide bonds. The fraction of sp³-hybridized carbons (Fsp3) is 0.500. The number of hydrogen-bond acceptors (Lipinski definition) is 5. The molecule has 0 bridgehead atoms. The largest absolute Gasteiger partial charge is 0.309 e. The fourth-order valence-corrected chi connectivity index (χ4v) is 5.59. The topological polar surface area (TPSA) is 43.6 Å². The number of hydrogen-bond donors (Lipinski definition) is 0. The van der Waals surface area contributed by atoms with Gasteiger partial charge in [0.15, 0.2) is 5.16 Å². The van der Waals surface area contributed by atoms with Gasteiger partial charge >= 0.3 is 0 Å². The average Bonchev–Trinajstić information content (AvgIpc) is 3.33. The third-order valence-electron chi connectivity index (χ3n) is 5.63. The zero-order valence-electron chi connectivity index (χ0n) is 16.7. The highest BCUT2D eigenvalue weighted by molar-refractivity contribution is 7.98. The number of thiazole rings is 1. The molecular formula is C22H28N4S2. The van der Waals surface area contributed by atoms with Crippen LogP contribution in [0.4, 0.5) is 0 Å². The fourth-order valence-electron chi connectivity index (χ4n) is 3.84. The lowest BCUT2D eigenvalue weighted by atomic mass is 9.86. The van der Waals surface area contributed by atoms with Gasteiger partial charge in [0.25, 0.3) is 0 Å². The molecule has 0 saturated heterocycles. The lowest BCUT2D eigenvalue weighted by Crippen LogP contribution is -2.09. The van der Waals surface area contributed by atoms with Crippen molar-refractivity contribution in [2.24, 2.45) is 13.0 Å². The first-order valence-electron chi connectivity index (χ1n) is 10.2. The smallest absolute Gasteiger partial charge is 0.191 e. The molecule has 1 saturated carbocycles. The van der Waals surface area contributed by atoms with Crippen LogP contribution < -0.4 is 0 Å². The minimum Gasteiger partial charge on any atom is -0.309 e. The lowest BCUT2D eigenvalue weighted by molar-refractivity contribution is 0.336. The van der Waals surface area contributed by atoms with Gasteiger partial charge in [-0.3, -0.25) is 0 Å². The summed E-state index contributed by atoms with van der Waals surface area (Å²) in [5, 5.41) is 13.1. The molecule has 2 aromatic heterocycles. The van der Waals surface area contributed by atoms with Crippen molar-refractivity contribution in [1.82, 2.24) is 19.7 Å². The Balaban J connectivity index is 1.32. The normalized spacial score (nSPS) is 15.2. The molecule has 0 N–H and O–H groups in total. The van der Waals surface area contributed by atoms with Crippen LogP contribution >= 0.6 is 23.1 Å². The average molecular weight is 413 g/mol. The second-order valence-corrected chi connectivity index (χ2v) is 9.60. The van der Waals surface area contributed by atoms with Crippen LogP contribution in [-0.2, 0) is 19.2 Å². The van der Waals surface area contributed by atoms with E-state index in [-0.39, 0.29) is 0 Å². The van der Waals surface area contributed by atoms with Crippen molar-refractivity contribution in [1.29, 1.82) is 0 Å². The van der Waals surface area contributed by atoms with Crippen molar-refractivity contribution in [3.05, 3.63) is 46.7 Å². The minimum atomic E-state index is 0.830. The summed E-state index contributed by atoms with van der Waals surface area (Å²) in [5.41, 5.74) is 3.57. The van der Waals surface area contributed by atoms with Gasteiger partial charge < -0.3 is 4.57 Å². The maximum absolute atomic E-state index is 4.80. The predicted octanol–water partition coefficient (Wildman–Crippen LogP) is 6.05. The Kier molecular flexibility index (Phi) is 6.47. The van der Waals surface area contributed by atoms with E-state index in [2.05, 4.69) is 58.4 Å². The Labute approximate surface area is 175 Å². The summed E-state index contributed by atoms with van der Waals surface area (Å²) in [5.74, 6) is 2.83. The van der Waals surface area contributed by atoms with Gasteiger partial charge in [-0.05, 0) is 19.3 Å². The summed E-state index contributed by atoms with van der Waals surface area (Å²) in [6, 6.07) is 8.57. The van der Waals surface area contributed by atoms with E-state index in [4.69, 9.17) is 4.98 Å². The Morgan fingerprint density at radius 2 is 1.89 bits per heavy atom. The summed E-state index contributed by atoms with van der Waals surface area (Å²) in [6.07, 6.45) is 9.32. The first-order chi connectivity index (χ1) is 13.7. The van der Waals surface area contributed by atoms with E-state index in [1.807, 2.05) is 0 Å². The molecule has 1 aliphatic rings. The number of nitrogens with zero attached hydrogens (tertiary/aromatic N) is 4. The molecule has 0 unspecified atom stereocenters. The van der Waals surface area contributed by atoms with Gasteiger partial charge in [0.05, 0.1) is 5.69 Å². The van der Waals surface area contributed by atoms with E-state index in [0.717, 1.165) is 39.8 Å². The van der Waals surface area contributed by atoms with Crippen LogP contribution in [0, 0.1) is 12.8 Å². The molecule has 3 aromatic rings. The third kappa shape index (κ3) is 4.84. The molecule has 4 rings (SSSR count). The van der Waals surface area contributed by atoms with Gasteiger partial charge in [0.2, 0.25) is 0 Å². The molecule has 1 fully saturated rings. The second-order valence-electron chi connectivity index (χ2n) is 7.80. The number of thioether (sulfide) groups is 1. The van der Waals surface area contributed by atoms with E-state index < -0.39 is 0 Å². The molecule has 0 aliphatic heterocycles. The Bertz CT molecular complexity index is 892. The van der Waals surface area contributed by atoms with Gasteiger partial charge in [-0.25, -0.2) is 4.98 Å². The SMILES string of the molecule is Cc1ccc(-c2nc(CSc3nnc(CCC4CCCCC4)n3C)cs2)cc1. The highest BCUT2D eigenvalue weighted by Crippen LogP contribution is 2.29. The number of aromatic nitrogens is 4. The Morgan fingerprint density at radius 1 is 1.11 bits per heavy atom. The maximum atomic E-state index is 4.80. The highest BCUT2D eigenvalue weighted by Gasteiger charge is 2.16. The van der Waals surface area contributed by atoms with Crippen molar-refractivity contribution in [2.45, 2.75) is 62.8 Å². The summed E-state index contributed by atoms with van der Waals surface area (Å²) in [6.45, 7) is 2.11. The molecule has 1 aliphatic carbocycles. The van der Waals surface area contributed by atoms with Crippen LogP contribution in [0.25, 0.3) is 10.6 Å². The third-order valence-corrected chi connectivity index (χ3v) is 7.62. The number of aryl methyl sites for hydroxylation is 2. The first-order valence-corrected chi connectivity index (χ1v) is 12.1. The van der Waals surface area contributed by atoms with Crippen LogP contribution in [0.5, 0.6) is 0 Å². The van der Waals surface area contributed by atoms with Gasteiger partial charge in [-0.15, -0.1) is 21.5 Å². The monoisotopic (exact) mass is 412 g/mol. The standard InChI is InChI=1S/C22H28N4S2/c1-16-8-11-18(12-9-16)21-23-19(14-27-21)15-28-22-25-24-20(26(22)2)13-10-17-6-4-3-5-7-17/h8-9,11-12,14,17H,3-7,10,13,15H2,1-2H3. The van der Waals surface area contributed by atoms with E-state index >= 15 is 0 Å². The summed E-state index contributed by atoms with van der Waals surface area (Å²) in [4.78, 5) is 4.80. The van der Waals surface area contributed by atoms with Crippen LogP contribution in [0.15, 0.2) is 34.8 Å². The van der Waals surface area contributed by atoms with Crippen LogP contribution in [0.3, 0.4) is 0 Å². The van der Waals surface area contributed by atoms with Gasteiger partial charge in [0.1, 0.15) is 10.8 Å². The summed E-state index contributed by atoms with van der Waals surface area (Å²) >= 11 is 3.44. The molecule has 0 atom stereocenters. The molecule has 0 radical (unpaired) electrons. The lowest BCUT2D eigenvalue weighted by Gasteiger charge is -2.20. The molecule has 4 nitrogen and oxygen atoms in total. The van der Waals surface area contributed by atoms with Crippen molar-refractivity contribution < 1.29 is 0 Å². The van der Waals surface area contributed by atoms with Crippen LogP contribution in [-0.4, -0.2) is 19.7 Å². The molecule has 148 valence electrons. The first kappa shape index (κ1) is 19.6. The quantitative estimate of drug-likeness (QED) is 0.443. The van der Waals surface area contributed by atoms with Crippen LogP contribution in [0.2, 0.25) is 0 Å². The van der Waals surface area contributed by atoms with Crippen molar-refractivity contribution in [3.63, 3.8) is 0 Å². The maximum Gasteiger partial charge on any atom is 0.191 e. The molecule has 6 heteroatoms. The highest BCUT2D eigenvalue weighted by atomic mass is 32.2. The van der Waals surface area contributed by atoms with Gasteiger partial charge in [-0.1, -0.05) is 73.7 Å².